The predicted octanol–water partition coefficient (Wildman–Crippen LogP) is 4.01. The molecule has 2 rings (SSSR count). The molecule has 7 heteroatoms. The highest BCUT2D eigenvalue weighted by atomic mass is 79.9. The Bertz CT molecular complexity index is 576. The fourth-order valence-corrected chi connectivity index (χ4v) is 4.71. The van der Waals surface area contributed by atoms with Crippen molar-refractivity contribution in [2.75, 3.05) is 6.61 Å². The highest BCUT2D eigenvalue weighted by Crippen LogP contribution is 2.37. The van der Waals surface area contributed by atoms with Crippen molar-refractivity contribution in [1.82, 2.24) is 10.4 Å². The molecule has 0 fully saturated rings. The first-order chi connectivity index (χ1) is 9.65. The van der Waals surface area contributed by atoms with Crippen molar-refractivity contribution in [3.05, 3.63) is 43.2 Å². The van der Waals surface area contributed by atoms with Gasteiger partial charge in [0.2, 0.25) is 0 Å². The van der Waals surface area contributed by atoms with Gasteiger partial charge in [-0.05, 0) is 56.0 Å². The molecule has 0 radical (unpaired) electrons. The Kier molecular flexibility index (Phi) is 5.98. The summed E-state index contributed by atoms with van der Waals surface area (Å²) in [6, 6.07) is 3.87. The van der Waals surface area contributed by atoms with Gasteiger partial charge in [0.1, 0.15) is 5.75 Å². The maximum absolute atomic E-state index is 5.72. The molecule has 1 atom stereocenters. The highest BCUT2D eigenvalue weighted by Gasteiger charge is 2.19. The molecule has 0 spiro atoms. The second kappa shape index (κ2) is 7.51. The quantitative estimate of drug-likeness (QED) is 0.547. The number of nitrogens with one attached hydrogen (secondary N) is 1. The van der Waals surface area contributed by atoms with E-state index in [1.54, 1.807) is 23.7 Å². The van der Waals surface area contributed by atoms with Gasteiger partial charge in [-0.1, -0.05) is 6.92 Å². The van der Waals surface area contributed by atoms with Gasteiger partial charge in [-0.15, -0.1) is 11.3 Å². The second-order valence-corrected chi connectivity index (χ2v) is 7.93. The summed E-state index contributed by atoms with van der Waals surface area (Å²) in [4.78, 5) is 4.22. The van der Waals surface area contributed by atoms with Crippen LogP contribution in [0.4, 0.5) is 0 Å². The normalized spacial score (nSPS) is 12.4. The van der Waals surface area contributed by atoms with E-state index in [0.717, 1.165) is 30.9 Å². The molecule has 0 aromatic carbocycles. The lowest BCUT2D eigenvalue weighted by Crippen LogP contribution is -2.28. The number of hydrogen-bond acceptors (Lipinski definition) is 5. The van der Waals surface area contributed by atoms with Gasteiger partial charge < -0.3 is 4.74 Å². The zero-order valence-electron chi connectivity index (χ0n) is 10.9. The van der Waals surface area contributed by atoms with E-state index >= 15 is 0 Å². The van der Waals surface area contributed by atoms with Crippen LogP contribution in [0.5, 0.6) is 5.75 Å². The predicted molar refractivity (Wildman–Crippen MR) is 88.9 cm³/mol. The van der Waals surface area contributed by atoms with Gasteiger partial charge in [-0.25, -0.2) is 5.43 Å². The van der Waals surface area contributed by atoms with Gasteiger partial charge in [-0.3, -0.25) is 10.8 Å². The number of ether oxygens (including phenoxy) is 1. The fourth-order valence-electron chi connectivity index (χ4n) is 1.81. The van der Waals surface area contributed by atoms with E-state index in [4.69, 9.17) is 10.6 Å². The monoisotopic (exact) mass is 419 g/mol. The smallest absolute Gasteiger partial charge is 0.137 e. The minimum Gasteiger partial charge on any atom is -0.492 e. The fraction of sp³-hybridized carbons (Fsp3) is 0.308. The molecule has 2 heterocycles. The zero-order chi connectivity index (χ0) is 14.5. The van der Waals surface area contributed by atoms with E-state index < -0.39 is 0 Å². The number of hydrazine groups is 1. The van der Waals surface area contributed by atoms with E-state index in [1.807, 2.05) is 12.1 Å². The van der Waals surface area contributed by atoms with Crippen molar-refractivity contribution in [2.45, 2.75) is 19.4 Å². The number of hydrogen-bond donors (Lipinski definition) is 2. The van der Waals surface area contributed by atoms with Crippen LogP contribution in [0.3, 0.4) is 0 Å². The lowest BCUT2D eigenvalue weighted by molar-refractivity contribution is 0.315. The molecule has 3 N–H and O–H groups in total. The third-order valence-electron chi connectivity index (χ3n) is 2.70. The Morgan fingerprint density at radius 3 is 2.80 bits per heavy atom. The van der Waals surface area contributed by atoms with Crippen molar-refractivity contribution in [1.29, 1.82) is 0 Å². The number of halogens is 2. The topological polar surface area (TPSA) is 60.2 Å². The Labute approximate surface area is 139 Å². The maximum Gasteiger partial charge on any atom is 0.137 e. The van der Waals surface area contributed by atoms with Crippen LogP contribution in [0.2, 0.25) is 0 Å². The van der Waals surface area contributed by atoms with Crippen LogP contribution in [0.15, 0.2) is 32.1 Å². The molecule has 0 saturated carbocycles. The molecular formula is C13H15Br2N3OS. The Morgan fingerprint density at radius 1 is 1.40 bits per heavy atom. The number of nitrogens with zero attached hydrogens (tertiary/aromatic N) is 1. The third kappa shape index (κ3) is 3.79. The first-order valence-electron chi connectivity index (χ1n) is 6.14. The van der Waals surface area contributed by atoms with Crippen molar-refractivity contribution in [3.8, 4) is 5.75 Å². The SMILES string of the molecule is CCCOc1cncc(C(NN)c2cc(Br)sc2Br)c1. The van der Waals surface area contributed by atoms with Gasteiger partial charge in [0.05, 0.1) is 26.4 Å². The minimum atomic E-state index is -0.135. The van der Waals surface area contributed by atoms with E-state index in [-0.39, 0.29) is 6.04 Å². The van der Waals surface area contributed by atoms with E-state index in [9.17, 15) is 0 Å². The molecular weight excluding hydrogens is 406 g/mol. The molecule has 1 unspecified atom stereocenters. The van der Waals surface area contributed by atoms with Gasteiger partial charge in [-0.2, -0.15) is 0 Å². The zero-order valence-corrected chi connectivity index (χ0v) is 14.9. The molecule has 0 bridgehead atoms. The Morgan fingerprint density at radius 2 is 2.20 bits per heavy atom. The van der Waals surface area contributed by atoms with Crippen LogP contribution in [-0.2, 0) is 0 Å². The summed E-state index contributed by atoms with van der Waals surface area (Å²) < 4.78 is 7.69. The summed E-state index contributed by atoms with van der Waals surface area (Å²) in [5.74, 6) is 6.47. The molecule has 0 aliphatic rings. The number of pyridine rings is 1. The van der Waals surface area contributed by atoms with Gasteiger partial charge in [0.25, 0.3) is 0 Å². The van der Waals surface area contributed by atoms with Gasteiger partial charge in [0, 0.05) is 11.8 Å². The summed E-state index contributed by atoms with van der Waals surface area (Å²) in [7, 11) is 0. The molecule has 0 amide bonds. The Balaban J connectivity index is 2.29. The minimum absolute atomic E-state index is 0.135. The van der Waals surface area contributed by atoms with Crippen LogP contribution >= 0.6 is 43.2 Å². The molecule has 4 nitrogen and oxygen atoms in total. The molecule has 0 aliphatic heterocycles. The number of thiophene rings is 1. The van der Waals surface area contributed by atoms with Crippen LogP contribution < -0.4 is 16.0 Å². The molecule has 0 saturated heterocycles. The average Bonchev–Trinajstić information content (AvgIpc) is 2.77. The molecule has 2 aromatic rings. The van der Waals surface area contributed by atoms with Gasteiger partial charge >= 0.3 is 0 Å². The summed E-state index contributed by atoms with van der Waals surface area (Å²) in [5.41, 5.74) is 4.87. The highest BCUT2D eigenvalue weighted by molar-refractivity contribution is 9.12. The molecule has 2 aromatic heterocycles. The maximum atomic E-state index is 5.72. The summed E-state index contributed by atoms with van der Waals surface area (Å²) in [6.07, 6.45) is 4.47. The van der Waals surface area contributed by atoms with Crippen LogP contribution in [0.25, 0.3) is 0 Å². The van der Waals surface area contributed by atoms with E-state index in [1.165, 1.54) is 0 Å². The number of aromatic nitrogens is 1. The van der Waals surface area contributed by atoms with Crippen LogP contribution in [-0.4, -0.2) is 11.6 Å². The van der Waals surface area contributed by atoms with Crippen molar-refractivity contribution in [2.24, 2.45) is 5.84 Å². The Hall–Kier alpha value is -0.470. The lowest BCUT2D eigenvalue weighted by Gasteiger charge is -2.16. The van der Waals surface area contributed by atoms with Gasteiger partial charge in [0.15, 0.2) is 0 Å². The number of rotatable bonds is 6. The van der Waals surface area contributed by atoms with Crippen molar-refractivity contribution < 1.29 is 4.74 Å². The standard InChI is InChI=1S/C13H15Br2N3OS/c1-2-3-19-9-4-8(6-17-7-9)12(18-16)10-5-11(14)20-13(10)15/h4-7,12,18H,2-3,16H2,1H3. The molecule has 0 aliphatic carbocycles. The van der Waals surface area contributed by atoms with Crippen LogP contribution in [0, 0.1) is 0 Å². The average molecular weight is 421 g/mol. The van der Waals surface area contributed by atoms with E-state index in [2.05, 4.69) is 49.2 Å². The lowest BCUT2D eigenvalue weighted by atomic mass is 10.0. The third-order valence-corrected chi connectivity index (χ3v) is 5.09. The first kappa shape index (κ1) is 15.9. The number of nitrogens with two attached hydrogens (primary N) is 1. The summed E-state index contributed by atoms with van der Waals surface area (Å²) in [6.45, 7) is 2.75. The molecule has 108 valence electrons. The summed E-state index contributed by atoms with van der Waals surface area (Å²) >= 11 is 8.65. The summed E-state index contributed by atoms with van der Waals surface area (Å²) in [5, 5.41) is 0. The largest absolute Gasteiger partial charge is 0.492 e. The van der Waals surface area contributed by atoms with Crippen molar-refractivity contribution >= 4 is 43.2 Å². The second-order valence-electron chi connectivity index (χ2n) is 4.18. The van der Waals surface area contributed by atoms with Crippen LogP contribution in [0.1, 0.15) is 30.5 Å². The van der Waals surface area contributed by atoms with E-state index in [0.29, 0.717) is 6.61 Å². The molecule has 20 heavy (non-hydrogen) atoms. The van der Waals surface area contributed by atoms with Crippen molar-refractivity contribution in [3.63, 3.8) is 0 Å². The first-order valence-corrected chi connectivity index (χ1v) is 8.54.